The number of hydrogen-bond acceptors (Lipinski definition) is 4. The van der Waals surface area contributed by atoms with Crippen molar-refractivity contribution in [2.75, 3.05) is 33.9 Å². The van der Waals surface area contributed by atoms with Crippen LogP contribution in [0.15, 0.2) is 27.2 Å². The number of rotatable bonds is 7. The highest BCUT2D eigenvalue weighted by atomic mass is 79.9. The van der Waals surface area contributed by atoms with Gasteiger partial charge in [0.25, 0.3) is 5.91 Å². The summed E-state index contributed by atoms with van der Waals surface area (Å²) >= 11 is 10.7. The number of carbonyl (C=O) groups is 1. The lowest BCUT2D eigenvalue weighted by Gasteiger charge is -2.38. The number of amides is 1. The van der Waals surface area contributed by atoms with Crippen molar-refractivity contribution in [2.24, 2.45) is 0 Å². The molecule has 0 saturated carbocycles. The molecule has 138 valence electrons. The largest absolute Gasteiger partial charge is 0.382 e. The van der Waals surface area contributed by atoms with E-state index in [1.165, 1.54) is 0 Å². The number of hydrogen-bond donors (Lipinski definition) is 1. The van der Waals surface area contributed by atoms with E-state index >= 15 is 0 Å². The quantitative estimate of drug-likeness (QED) is 0.513. The van der Waals surface area contributed by atoms with Crippen molar-refractivity contribution >= 4 is 50.5 Å². The molecule has 1 atom stereocenters. The molecule has 8 heteroatoms. The van der Waals surface area contributed by atoms with Crippen LogP contribution in [0, 0.1) is 0 Å². The third kappa shape index (κ3) is 4.81. The first-order chi connectivity index (χ1) is 11.9. The van der Waals surface area contributed by atoms with Crippen LogP contribution in [0.2, 0.25) is 0 Å². The van der Waals surface area contributed by atoms with Gasteiger partial charge < -0.3 is 19.9 Å². The average molecular weight is 446 g/mol. The number of halogens is 1. The molecule has 25 heavy (non-hydrogen) atoms. The Morgan fingerprint density at radius 1 is 1.52 bits per heavy atom. The van der Waals surface area contributed by atoms with Crippen LogP contribution in [0.5, 0.6) is 0 Å². The molecule has 2 rings (SSSR count). The Hall–Kier alpha value is -0.960. The zero-order valence-corrected chi connectivity index (χ0v) is 18.2. The zero-order chi connectivity index (χ0) is 18.6. The van der Waals surface area contributed by atoms with Gasteiger partial charge in [0.2, 0.25) is 0 Å². The molecule has 1 aromatic heterocycles. The molecule has 0 aliphatic carbocycles. The molecule has 1 N–H and O–H groups in total. The lowest BCUT2D eigenvalue weighted by Crippen LogP contribution is -2.49. The molecule has 0 bridgehead atoms. The monoisotopic (exact) mass is 445 g/mol. The van der Waals surface area contributed by atoms with Crippen LogP contribution in [0.4, 0.5) is 0 Å². The molecule has 1 unspecified atom stereocenters. The van der Waals surface area contributed by atoms with Gasteiger partial charge in [-0.1, -0.05) is 0 Å². The Kier molecular flexibility index (Phi) is 7.42. The molecular formula is C17H24BrN3O2S2. The summed E-state index contributed by atoms with van der Waals surface area (Å²) in [5.41, 5.74) is 1.65. The normalized spacial score (nSPS) is 17.7. The van der Waals surface area contributed by atoms with Gasteiger partial charge in [0, 0.05) is 54.3 Å². The van der Waals surface area contributed by atoms with Crippen LogP contribution in [-0.2, 0) is 9.53 Å². The predicted molar refractivity (Wildman–Crippen MR) is 110 cm³/mol. The molecule has 1 amide bonds. The lowest BCUT2D eigenvalue weighted by atomic mass is 9.99. The Morgan fingerprint density at radius 2 is 2.24 bits per heavy atom. The maximum absolute atomic E-state index is 12.9. The SMILES string of the molecule is CCOCCCN1C(=S)NC(c2cc(Br)cs2)C(C(=O)N(C)C)=C1C. The summed E-state index contributed by atoms with van der Waals surface area (Å²) in [5.74, 6) is -0.00293. The van der Waals surface area contributed by atoms with E-state index in [0.29, 0.717) is 18.3 Å². The van der Waals surface area contributed by atoms with Gasteiger partial charge >= 0.3 is 0 Å². The molecule has 2 heterocycles. The van der Waals surface area contributed by atoms with Crippen LogP contribution >= 0.6 is 39.5 Å². The molecule has 0 radical (unpaired) electrons. The van der Waals surface area contributed by atoms with E-state index in [2.05, 4.69) is 21.2 Å². The van der Waals surface area contributed by atoms with E-state index in [1.807, 2.05) is 30.2 Å². The number of carbonyl (C=O) groups excluding carboxylic acids is 1. The van der Waals surface area contributed by atoms with E-state index in [4.69, 9.17) is 17.0 Å². The number of nitrogens with one attached hydrogen (secondary N) is 1. The second-order valence-corrected chi connectivity index (χ2v) is 8.20. The van der Waals surface area contributed by atoms with Crippen molar-refractivity contribution in [1.82, 2.24) is 15.1 Å². The number of thiocarbonyl (C=S) groups is 1. The first-order valence-electron chi connectivity index (χ1n) is 8.19. The average Bonchev–Trinajstić information content (AvgIpc) is 2.99. The minimum absolute atomic E-state index is 0.00293. The topological polar surface area (TPSA) is 44.8 Å². The first kappa shape index (κ1) is 20.4. The van der Waals surface area contributed by atoms with Crippen LogP contribution in [-0.4, -0.2) is 54.7 Å². The number of nitrogens with zero attached hydrogens (tertiary/aromatic N) is 2. The van der Waals surface area contributed by atoms with Crippen LogP contribution < -0.4 is 5.32 Å². The molecule has 0 spiro atoms. The van der Waals surface area contributed by atoms with Gasteiger partial charge in [0.05, 0.1) is 11.6 Å². The summed E-state index contributed by atoms with van der Waals surface area (Å²) in [6.07, 6.45) is 0.853. The fraction of sp³-hybridized carbons (Fsp3) is 0.529. The highest BCUT2D eigenvalue weighted by molar-refractivity contribution is 9.10. The van der Waals surface area contributed by atoms with Crippen LogP contribution in [0.25, 0.3) is 0 Å². The second kappa shape index (κ2) is 9.12. The highest BCUT2D eigenvalue weighted by Crippen LogP contribution is 2.35. The Labute approximate surface area is 167 Å². The Bertz CT molecular complexity index is 673. The third-order valence-electron chi connectivity index (χ3n) is 3.98. The highest BCUT2D eigenvalue weighted by Gasteiger charge is 2.35. The first-order valence-corrected chi connectivity index (χ1v) is 10.3. The minimum atomic E-state index is -0.221. The summed E-state index contributed by atoms with van der Waals surface area (Å²) < 4.78 is 6.42. The summed E-state index contributed by atoms with van der Waals surface area (Å²) in [4.78, 5) is 17.5. The van der Waals surface area contributed by atoms with E-state index in [0.717, 1.165) is 33.6 Å². The molecule has 1 aromatic rings. The molecule has 0 aromatic carbocycles. The van der Waals surface area contributed by atoms with Gasteiger partial charge in [-0.3, -0.25) is 4.79 Å². The fourth-order valence-corrected chi connectivity index (χ4v) is 4.58. The van der Waals surface area contributed by atoms with Gasteiger partial charge in [-0.25, -0.2) is 0 Å². The number of ether oxygens (including phenoxy) is 1. The molecule has 0 fully saturated rings. The minimum Gasteiger partial charge on any atom is -0.382 e. The van der Waals surface area contributed by atoms with Gasteiger partial charge in [-0.2, -0.15) is 0 Å². The van der Waals surface area contributed by atoms with Gasteiger partial charge in [0.1, 0.15) is 0 Å². The van der Waals surface area contributed by atoms with Crippen LogP contribution in [0.1, 0.15) is 31.2 Å². The Morgan fingerprint density at radius 3 is 2.80 bits per heavy atom. The maximum atomic E-state index is 12.9. The van der Waals surface area contributed by atoms with Gasteiger partial charge in [0.15, 0.2) is 5.11 Å². The van der Waals surface area contributed by atoms with E-state index in [-0.39, 0.29) is 11.9 Å². The van der Waals surface area contributed by atoms with Crippen molar-refractivity contribution in [2.45, 2.75) is 26.3 Å². The van der Waals surface area contributed by atoms with Gasteiger partial charge in [-0.15, -0.1) is 11.3 Å². The van der Waals surface area contributed by atoms with Crippen molar-refractivity contribution in [1.29, 1.82) is 0 Å². The van der Waals surface area contributed by atoms with Gasteiger partial charge in [-0.05, 0) is 54.5 Å². The van der Waals surface area contributed by atoms with E-state index in [9.17, 15) is 4.79 Å². The molecule has 5 nitrogen and oxygen atoms in total. The number of allylic oxidation sites excluding steroid dienone is 1. The molecule has 1 aliphatic rings. The summed E-state index contributed by atoms with van der Waals surface area (Å²) in [7, 11) is 3.55. The number of likely N-dealkylation sites (N-methyl/N-ethyl adjacent to an activating group) is 1. The summed E-state index contributed by atoms with van der Waals surface area (Å²) in [6.45, 7) is 6.07. The third-order valence-corrected chi connectivity index (χ3v) is 6.08. The summed E-state index contributed by atoms with van der Waals surface area (Å²) in [5, 5.41) is 6.02. The van der Waals surface area contributed by atoms with Crippen LogP contribution in [0.3, 0.4) is 0 Å². The standard InChI is InChI=1S/C17H24BrN3O2S2/c1-5-23-8-6-7-21-11(2)14(16(22)20(3)4)15(19-17(21)24)13-9-12(18)10-25-13/h9-10,15H,5-8H2,1-4H3,(H,19,24). The molecular weight excluding hydrogens is 422 g/mol. The fourth-order valence-electron chi connectivity index (χ4n) is 2.73. The van der Waals surface area contributed by atoms with Crippen molar-refractivity contribution in [3.63, 3.8) is 0 Å². The molecule has 0 saturated heterocycles. The maximum Gasteiger partial charge on any atom is 0.253 e. The smallest absolute Gasteiger partial charge is 0.253 e. The van der Waals surface area contributed by atoms with Crippen molar-refractivity contribution in [3.8, 4) is 0 Å². The van der Waals surface area contributed by atoms with Crippen molar-refractivity contribution in [3.05, 3.63) is 32.1 Å². The van der Waals surface area contributed by atoms with Crippen molar-refractivity contribution < 1.29 is 9.53 Å². The zero-order valence-electron chi connectivity index (χ0n) is 15.0. The number of thiophene rings is 1. The van der Waals surface area contributed by atoms with E-state index < -0.39 is 0 Å². The second-order valence-electron chi connectivity index (χ2n) is 5.95. The predicted octanol–water partition coefficient (Wildman–Crippen LogP) is 3.53. The molecule has 1 aliphatic heterocycles. The lowest BCUT2D eigenvalue weighted by molar-refractivity contribution is -0.125. The Balaban J connectivity index is 2.34. The summed E-state index contributed by atoms with van der Waals surface area (Å²) in [6, 6.07) is 1.81. The van der Waals surface area contributed by atoms with E-state index in [1.54, 1.807) is 30.3 Å².